The molecule has 0 spiro atoms. The Balaban J connectivity index is 2.86. The number of aromatic nitrogens is 1. The van der Waals surface area contributed by atoms with Crippen LogP contribution in [0.3, 0.4) is 0 Å². The van der Waals surface area contributed by atoms with Crippen molar-refractivity contribution in [3.05, 3.63) is 22.8 Å². The van der Waals surface area contributed by atoms with Crippen molar-refractivity contribution in [2.75, 3.05) is 17.3 Å². The summed E-state index contributed by atoms with van der Waals surface area (Å²) < 4.78 is 22.2. The highest BCUT2D eigenvalue weighted by Crippen LogP contribution is 2.17. The first-order valence-electron chi connectivity index (χ1n) is 5.03. The van der Waals surface area contributed by atoms with Crippen molar-refractivity contribution < 1.29 is 18.3 Å². The molecular formula is C10H13ClN2O4S. The third kappa shape index (κ3) is 4.50. The third-order valence-corrected chi connectivity index (χ3v) is 3.41. The van der Waals surface area contributed by atoms with E-state index < -0.39 is 15.8 Å². The maximum Gasteiger partial charge on any atom is 0.356 e. The molecule has 18 heavy (non-hydrogen) atoms. The summed E-state index contributed by atoms with van der Waals surface area (Å²) in [6.07, 6.45) is 1.13. The quantitative estimate of drug-likeness (QED) is 0.848. The highest BCUT2D eigenvalue weighted by Gasteiger charge is 2.14. The number of carbonyl (C=O) groups is 1. The van der Waals surface area contributed by atoms with Crippen molar-refractivity contribution in [1.82, 2.24) is 4.98 Å². The van der Waals surface area contributed by atoms with Gasteiger partial charge >= 0.3 is 5.97 Å². The highest BCUT2D eigenvalue weighted by molar-refractivity contribution is 7.90. The van der Waals surface area contributed by atoms with Crippen LogP contribution in [0.25, 0.3) is 0 Å². The molecule has 1 atom stereocenters. The molecule has 0 amide bonds. The molecule has 0 saturated carbocycles. The van der Waals surface area contributed by atoms with Gasteiger partial charge in [-0.25, -0.2) is 18.2 Å². The van der Waals surface area contributed by atoms with Gasteiger partial charge in [0.25, 0.3) is 0 Å². The van der Waals surface area contributed by atoms with E-state index in [1.165, 1.54) is 12.1 Å². The van der Waals surface area contributed by atoms with Crippen molar-refractivity contribution in [3.63, 3.8) is 0 Å². The summed E-state index contributed by atoms with van der Waals surface area (Å²) >= 11 is 5.67. The summed E-state index contributed by atoms with van der Waals surface area (Å²) in [4.78, 5) is 14.6. The molecule has 0 aromatic carbocycles. The fourth-order valence-corrected chi connectivity index (χ4v) is 2.60. The molecule has 0 fully saturated rings. The van der Waals surface area contributed by atoms with Crippen molar-refractivity contribution in [2.24, 2.45) is 0 Å². The zero-order valence-corrected chi connectivity index (χ0v) is 11.4. The molecule has 8 heteroatoms. The van der Waals surface area contributed by atoms with Gasteiger partial charge in [0.1, 0.15) is 15.7 Å². The van der Waals surface area contributed by atoms with Gasteiger partial charge in [-0.15, -0.1) is 0 Å². The van der Waals surface area contributed by atoms with Crippen molar-refractivity contribution in [3.8, 4) is 0 Å². The van der Waals surface area contributed by atoms with Crippen LogP contribution in [0, 0.1) is 0 Å². The number of hydrogen-bond acceptors (Lipinski definition) is 5. The van der Waals surface area contributed by atoms with Gasteiger partial charge in [0.15, 0.2) is 5.69 Å². The Morgan fingerprint density at radius 1 is 1.56 bits per heavy atom. The second-order valence-electron chi connectivity index (χ2n) is 3.97. The van der Waals surface area contributed by atoms with Crippen LogP contribution >= 0.6 is 11.6 Å². The molecule has 1 unspecified atom stereocenters. The van der Waals surface area contributed by atoms with Crippen LogP contribution in [-0.4, -0.2) is 42.5 Å². The van der Waals surface area contributed by atoms with E-state index in [4.69, 9.17) is 16.7 Å². The van der Waals surface area contributed by atoms with Crippen LogP contribution in [0.2, 0.25) is 5.02 Å². The van der Waals surface area contributed by atoms with E-state index in [2.05, 4.69) is 10.3 Å². The first-order chi connectivity index (χ1) is 8.19. The van der Waals surface area contributed by atoms with Gasteiger partial charge in [-0.05, 0) is 19.1 Å². The number of halogens is 1. The molecule has 1 aromatic heterocycles. The van der Waals surface area contributed by atoms with E-state index in [0.717, 1.165) is 6.26 Å². The average molecular weight is 293 g/mol. The molecule has 0 aliphatic heterocycles. The molecule has 1 heterocycles. The van der Waals surface area contributed by atoms with Crippen LogP contribution < -0.4 is 5.32 Å². The lowest BCUT2D eigenvalue weighted by Gasteiger charge is -2.13. The van der Waals surface area contributed by atoms with Crippen LogP contribution in [0.15, 0.2) is 12.1 Å². The Bertz CT molecular complexity index is 559. The van der Waals surface area contributed by atoms with Gasteiger partial charge in [0, 0.05) is 12.3 Å². The Labute approximate surface area is 110 Å². The zero-order valence-electron chi connectivity index (χ0n) is 9.84. The minimum Gasteiger partial charge on any atom is -0.476 e. The number of carboxylic acid groups (broad SMARTS) is 1. The highest BCUT2D eigenvalue weighted by atomic mass is 35.5. The molecule has 100 valence electrons. The van der Waals surface area contributed by atoms with Crippen LogP contribution in [0.4, 0.5) is 5.82 Å². The fourth-order valence-electron chi connectivity index (χ4n) is 1.42. The number of carboxylic acids is 1. The maximum absolute atomic E-state index is 11.1. The van der Waals surface area contributed by atoms with Crippen molar-refractivity contribution in [1.29, 1.82) is 0 Å². The van der Waals surface area contributed by atoms with Gasteiger partial charge in [0.05, 0.1) is 10.8 Å². The number of hydrogen-bond donors (Lipinski definition) is 2. The van der Waals surface area contributed by atoms with Gasteiger partial charge in [-0.3, -0.25) is 0 Å². The fraction of sp³-hybridized carbons (Fsp3) is 0.400. The van der Waals surface area contributed by atoms with E-state index >= 15 is 0 Å². The Morgan fingerprint density at radius 2 is 2.17 bits per heavy atom. The largest absolute Gasteiger partial charge is 0.476 e. The predicted octanol–water partition coefficient (Wildman–Crippen LogP) is 1.28. The molecule has 0 bridgehead atoms. The molecule has 6 nitrogen and oxygen atoms in total. The summed E-state index contributed by atoms with van der Waals surface area (Å²) in [6.45, 7) is 1.66. The zero-order chi connectivity index (χ0) is 13.9. The van der Waals surface area contributed by atoms with E-state index in [1.54, 1.807) is 6.92 Å². The Kier molecular flexibility index (Phi) is 4.53. The first kappa shape index (κ1) is 14.7. The molecule has 0 aliphatic carbocycles. The summed E-state index contributed by atoms with van der Waals surface area (Å²) in [5.74, 6) is -1.04. The van der Waals surface area contributed by atoms with Crippen LogP contribution in [0.5, 0.6) is 0 Å². The Morgan fingerprint density at radius 3 is 2.67 bits per heavy atom. The van der Waals surface area contributed by atoms with Gasteiger partial charge < -0.3 is 10.4 Å². The molecule has 0 radical (unpaired) electrons. The summed E-state index contributed by atoms with van der Waals surface area (Å²) in [7, 11) is -3.11. The monoisotopic (exact) mass is 292 g/mol. The lowest BCUT2D eigenvalue weighted by atomic mass is 10.3. The second kappa shape index (κ2) is 5.53. The normalized spacial score (nSPS) is 13.1. The number of sulfone groups is 1. The second-order valence-corrected chi connectivity index (χ2v) is 6.56. The molecule has 1 aromatic rings. The molecule has 1 rings (SSSR count). The van der Waals surface area contributed by atoms with E-state index in [1.807, 2.05) is 0 Å². The number of anilines is 1. The lowest BCUT2D eigenvalue weighted by molar-refractivity contribution is 0.0691. The molecule has 2 N–H and O–H groups in total. The number of rotatable bonds is 5. The minimum absolute atomic E-state index is 0.0313. The molecule has 0 saturated heterocycles. The Hall–Kier alpha value is -1.34. The van der Waals surface area contributed by atoms with E-state index in [-0.39, 0.29) is 28.3 Å². The van der Waals surface area contributed by atoms with Crippen molar-refractivity contribution in [2.45, 2.75) is 13.0 Å². The smallest absolute Gasteiger partial charge is 0.356 e. The molecule has 0 aliphatic rings. The number of nitrogens with zero attached hydrogens (tertiary/aromatic N) is 1. The lowest BCUT2D eigenvalue weighted by Crippen LogP contribution is -2.25. The predicted molar refractivity (Wildman–Crippen MR) is 69.0 cm³/mol. The number of nitrogens with one attached hydrogen (secondary N) is 1. The summed E-state index contributed by atoms with van der Waals surface area (Å²) in [5.41, 5.74) is -0.270. The number of aromatic carboxylic acids is 1. The van der Waals surface area contributed by atoms with E-state index in [9.17, 15) is 13.2 Å². The van der Waals surface area contributed by atoms with Crippen LogP contribution in [0.1, 0.15) is 17.4 Å². The van der Waals surface area contributed by atoms with E-state index in [0.29, 0.717) is 0 Å². The third-order valence-electron chi connectivity index (χ3n) is 2.00. The molecular weight excluding hydrogens is 280 g/mol. The van der Waals surface area contributed by atoms with Crippen LogP contribution in [-0.2, 0) is 9.84 Å². The number of pyridine rings is 1. The minimum atomic E-state index is -3.11. The first-order valence-corrected chi connectivity index (χ1v) is 7.47. The SMILES string of the molecule is CC(CS(C)(=O)=O)Nc1ccc(Cl)c(C(=O)O)n1. The summed E-state index contributed by atoms with van der Waals surface area (Å²) in [5, 5.41) is 11.7. The van der Waals surface area contributed by atoms with Crippen molar-refractivity contribution >= 4 is 33.2 Å². The van der Waals surface area contributed by atoms with Gasteiger partial charge in [-0.2, -0.15) is 0 Å². The average Bonchev–Trinajstić information content (AvgIpc) is 2.17. The standard InChI is InChI=1S/C10H13ClN2O4S/c1-6(5-18(2,16)17)12-8-4-3-7(11)9(13-8)10(14)15/h3-4,6H,5H2,1-2H3,(H,12,13)(H,14,15). The maximum atomic E-state index is 11.1. The van der Waals surface area contributed by atoms with Gasteiger partial charge in [-0.1, -0.05) is 11.6 Å². The summed E-state index contributed by atoms with van der Waals surface area (Å²) in [6, 6.07) is 2.51. The van der Waals surface area contributed by atoms with Gasteiger partial charge in [0.2, 0.25) is 0 Å². The topological polar surface area (TPSA) is 96.4 Å².